The van der Waals surface area contributed by atoms with E-state index in [-0.39, 0.29) is 13.0 Å². The van der Waals surface area contributed by atoms with Crippen LogP contribution < -0.4 is 5.32 Å². The molecular weight excluding hydrogens is 230 g/mol. The van der Waals surface area contributed by atoms with Crippen molar-refractivity contribution in [2.75, 3.05) is 26.8 Å². The standard InChI is InChI=1S/C9H13N3O5/c1-12(4-2-3-10)9(16)11-7(13)5-17-6-8(14)15/h2,4-6H2,1H3,(H,14,15)(H,11,13,16). The fourth-order valence-corrected chi connectivity index (χ4v) is 0.801. The van der Waals surface area contributed by atoms with Gasteiger partial charge in [0, 0.05) is 13.6 Å². The molecule has 0 aliphatic carbocycles. The van der Waals surface area contributed by atoms with E-state index in [1.807, 2.05) is 11.4 Å². The molecule has 0 aromatic heterocycles. The number of carboxylic acid groups (broad SMARTS) is 1. The molecule has 0 unspecified atom stereocenters. The van der Waals surface area contributed by atoms with Gasteiger partial charge in [0.1, 0.15) is 13.2 Å². The quantitative estimate of drug-likeness (QED) is 0.628. The van der Waals surface area contributed by atoms with Crippen LogP contribution in [0.3, 0.4) is 0 Å². The van der Waals surface area contributed by atoms with Gasteiger partial charge in [-0.1, -0.05) is 0 Å². The lowest BCUT2D eigenvalue weighted by molar-refractivity contribution is -0.143. The zero-order valence-corrected chi connectivity index (χ0v) is 9.30. The maximum Gasteiger partial charge on any atom is 0.329 e. The molecule has 3 amide bonds. The van der Waals surface area contributed by atoms with Crippen LogP contribution in [0.5, 0.6) is 0 Å². The number of carboxylic acids is 1. The number of rotatable bonds is 6. The number of amides is 3. The summed E-state index contributed by atoms with van der Waals surface area (Å²) in [7, 11) is 1.43. The SMILES string of the molecule is CN(CCC#N)C(=O)NC(=O)COCC(=O)O. The van der Waals surface area contributed by atoms with Crippen LogP contribution >= 0.6 is 0 Å². The first-order chi connectivity index (χ1) is 7.97. The van der Waals surface area contributed by atoms with Gasteiger partial charge < -0.3 is 14.7 Å². The van der Waals surface area contributed by atoms with Gasteiger partial charge in [0.15, 0.2) is 0 Å². The second-order valence-electron chi connectivity index (χ2n) is 3.07. The Morgan fingerprint density at radius 1 is 1.41 bits per heavy atom. The molecule has 0 atom stereocenters. The van der Waals surface area contributed by atoms with Gasteiger partial charge >= 0.3 is 12.0 Å². The monoisotopic (exact) mass is 243 g/mol. The Hall–Kier alpha value is -2.14. The Balaban J connectivity index is 3.83. The minimum absolute atomic E-state index is 0.160. The van der Waals surface area contributed by atoms with E-state index in [9.17, 15) is 14.4 Å². The van der Waals surface area contributed by atoms with Gasteiger partial charge in [-0.3, -0.25) is 10.1 Å². The Kier molecular flexibility index (Phi) is 7.05. The number of nitrogens with zero attached hydrogens (tertiary/aromatic N) is 2. The van der Waals surface area contributed by atoms with E-state index in [0.717, 1.165) is 4.90 Å². The molecule has 0 aromatic carbocycles. The number of hydrogen-bond donors (Lipinski definition) is 2. The third-order valence-electron chi connectivity index (χ3n) is 1.61. The summed E-state index contributed by atoms with van der Waals surface area (Å²) >= 11 is 0. The van der Waals surface area contributed by atoms with Gasteiger partial charge in [0.25, 0.3) is 5.91 Å². The first kappa shape index (κ1) is 14.9. The van der Waals surface area contributed by atoms with E-state index in [2.05, 4.69) is 4.74 Å². The fourth-order valence-electron chi connectivity index (χ4n) is 0.801. The van der Waals surface area contributed by atoms with Crippen molar-refractivity contribution in [2.45, 2.75) is 6.42 Å². The largest absolute Gasteiger partial charge is 0.480 e. The smallest absolute Gasteiger partial charge is 0.329 e. The average molecular weight is 243 g/mol. The third-order valence-corrected chi connectivity index (χ3v) is 1.61. The van der Waals surface area contributed by atoms with E-state index < -0.39 is 31.1 Å². The van der Waals surface area contributed by atoms with Crippen LogP contribution in [0.15, 0.2) is 0 Å². The average Bonchev–Trinajstić information content (AvgIpc) is 2.25. The van der Waals surface area contributed by atoms with Crippen molar-refractivity contribution >= 4 is 17.9 Å². The van der Waals surface area contributed by atoms with E-state index in [4.69, 9.17) is 10.4 Å². The summed E-state index contributed by atoms with van der Waals surface area (Å²) in [6, 6.07) is 1.19. The fraction of sp³-hybridized carbons (Fsp3) is 0.556. The maximum atomic E-state index is 11.3. The Labute approximate surface area is 97.8 Å². The Morgan fingerprint density at radius 2 is 2.06 bits per heavy atom. The highest BCUT2D eigenvalue weighted by atomic mass is 16.5. The van der Waals surface area contributed by atoms with Gasteiger partial charge in [0.2, 0.25) is 0 Å². The number of ether oxygens (including phenoxy) is 1. The predicted molar refractivity (Wildman–Crippen MR) is 54.9 cm³/mol. The van der Waals surface area contributed by atoms with E-state index in [1.54, 1.807) is 0 Å². The molecule has 0 spiro atoms. The van der Waals surface area contributed by atoms with Gasteiger partial charge in [-0.15, -0.1) is 0 Å². The summed E-state index contributed by atoms with van der Waals surface area (Å²) in [6.07, 6.45) is 0.160. The normalized spacial score (nSPS) is 9.18. The molecule has 0 aliphatic heterocycles. The van der Waals surface area contributed by atoms with Gasteiger partial charge in [-0.2, -0.15) is 5.26 Å². The van der Waals surface area contributed by atoms with Crippen LogP contribution in [0.25, 0.3) is 0 Å². The molecule has 94 valence electrons. The van der Waals surface area contributed by atoms with Crippen LogP contribution in [-0.4, -0.2) is 54.7 Å². The molecule has 0 heterocycles. The molecule has 8 heteroatoms. The summed E-state index contributed by atoms with van der Waals surface area (Å²) in [4.78, 5) is 33.6. The molecule has 0 aliphatic rings. The highest BCUT2D eigenvalue weighted by Crippen LogP contribution is 1.87. The number of urea groups is 1. The zero-order valence-electron chi connectivity index (χ0n) is 9.30. The molecule has 0 saturated carbocycles. The maximum absolute atomic E-state index is 11.3. The zero-order chi connectivity index (χ0) is 13.3. The van der Waals surface area contributed by atoms with Crippen LogP contribution in [-0.2, 0) is 14.3 Å². The molecule has 17 heavy (non-hydrogen) atoms. The molecule has 0 rings (SSSR count). The number of nitrogens with one attached hydrogen (secondary N) is 1. The second kappa shape index (κ2) is 8.06. The van der Waals surface area contributed by atoms with Crippen molar-refractivity contribution in [3.63, 3.8) is 0 Å². The second-order valence-corrected chi connectivity index (χ2v) is 3.07. The number of aliphatic carboxylic acids is 1. The first-order valence-electron chi connectivity index (χ1n) is 4.68. The predicted octanol–water partition coefficient (Wildman–Crippen LogP) is -0.831. The lowest BCUT2D eigenvalue weighted by Crippen LogP contribution is -2.42. The molecule has 0 radical (unpaired) electrons. The summed E-state index contributed by atoms with van der Waals surface area (Å²) in [5.74, 6) is -1.93. The number of imide groups is 1. The minimum Gasteiger partial charge on any atom is -0.480 e. The lowest BCUT2D eigenvalue weighted by Gasteiger charge is -2.15. The Morgan fingerprint density at radius 3 is 2.59 bits per heavy atom. The van der Waals surface area contributed by atoms with E-state index >= 15 is 0 Å². The van der Waals surface area contributed by atoms with Crippen molar-refractivity contribution in [1.82, 2.24) is 10.2 Å². The third kappa shape index (κ3) is 7.75. The van der Waals surface area contributed by atoms with Crippen LogP contribution in [0.4, 0.5) is 4.79 Å². The summed E-state index contributed by atoms with van der Waals surface area (Å²) < 4.78 is 4.48. The van der Waals surface area contributed by atoms with Crippen LogP contribution in [0.1, 0.15) is 6.42 Å². The Bertz CT molecular complexity index is 336. The number of hydrogen-bond acceptors (Lipinski definition) is 5. The molecular formula is C9H13N3O5. The topological polar surface area (TPSA) is 120 Å². The molecule has 0 bridgehead atoms. The van der Waals surface area contributed by atoms with Gasteiger partial charge in [-0.25, -0.2) is 9.59 Å². The summed E-state index contributed by atoms with van der Waals surface area (Å²) in [6.45, 7) is -0.915. The van der Waals surface area contributed by atoms with Crippen molar-refractivity contribution in [3.05, 3.63) is 0 Å². The molecule has 0 saturated heterocycles. The number of nitriles is 1. The molecule has 8 nitrogen and oxygen atoms in total. The highest BCUT2D eigenvalue weighted by Gasteiger charge is 2.12. The van der Waals surface area contributed by atoms with E-state index in [1.165, 1.54) is 7.05 Å². The summed E-state index contributed by atoms with van der Waals surface area (Å²) in [5, 5.41) is 18.5. The van der Waals surface area contributed by atoms with Crippen molar-refractivity contribution in [3.8, 4) is 6.07 Å². The van der Waals surface area contributed by atoms with Gasteiger partial charge in [0.05, 0.1) is 12.5 Å². The lowest BCUT2D eigenvalue weighted by atomic mass is 10.4. The highest BCUT2D eigenvalue weighted by molar-refractivity contribution is 5.94. The van der Waals surface area contributed by atoms with Crippen LogP contribution in [0, 0.1) is 11.3 Å². The number of carbonyl (C=O) groups is 3. The van der Waals surface area contributed by atoms with Gasteiger partial charge in [-0.05, 0) is 0 Å². The molecule has 0 fully saturated rings. The van der Waals surface area contributed by atoms with E-state index in [0.29, 0.717) is 0 Å². The van der Waals surface area contributed by atoms with Crippen molar-refractivity contribution in [1.29, 1.82) is 5.26 Å². The minimum atomic E-state index is -1.20. The van der Waals surface area contributed by atoms with Crippen LogP contribution in [0.2, 0.25) is 0 Å². The molecule has 2 N–H and O–H groups in total. The number of carbonyl (C=O) groups excluding carboxylic acids is 2. The van der Waals surface area contributed by atoms with Crippen molar-refractivity contribution in [2.24, 2.45) is 0 Å². The molecule has 0 aromatic rings. The first-order valence-corrected chi connectivity index (χ1v) is 4.68. The summed E-state index contributed by atoms with van der Waals surface area (Å²) in [5.41, 5.74) is 0. The van der Waals surface area contributed by atoms with Crippen molar-refractivity contribution < 1.29 is 24.2 Å².